The Morgan fingerprint density at radius 1 is 0.301 bits per heavy atom. The van der Waals surface area contributed by atoms with Crippen LogP contribution < -0.4 is 0 Å². The molecule has 0 bridgehead atoms. The second-order valence-corrected chi connectivity index (χ2v) is 30.1. The van der Waals surface area contributed by atoms with Crippen LogP contribution in [-0.4, -0.2) is 87.4 Å². The molecule has 0 spiro atoms. The number of hydrogen-bond acceptors (Lipinski definition) is 7. The van der Waals surface area contributed by atoms with E-state index in [1.807, 2.05) is 21.1 Å². The summed E-state index contributed by atoms with van der Waals surface area (Å²) in [7, 11) is 5.98. The summed E-state index contributed by atoms with van der Waals surface area (Å²) in [6.07, 6.45) is 118. The summed E-state index contributed by atoms with van der Waals surface area (Å²) < 4.78 is 23.0. The Hall–Kier alpha value is -4.57. The van der Waals surface area contributed by atoms with Crippen LogP contribution in [0.3, 0.4) is 0 Å². The topological polar surface area (TPSA) is 108 Å². The Labute approximate surface area is 637 Å². The van der Waals surface area contributed by atoms with Gasteiger partial charge in [-0.25, -0.2) is 4.79 Å². The number of carboxylic acids is 1. The number of rotatable bonds is 80. The van der Waals surface area contributed by atoms with Crippen LogP contribution in [0.25, 0.3) is 0 Å². The van der Waals surface area contributed by atoms with Gasteiger partial charge in [-0.1, -0.05) is 392 Å². The number of hydrogen-bond donors (Lipinski definition) is 1. The molecule has 0 heterocycles. The molecule has 9 nitrogen and oxygen atoms in total. The van der Waals surface area contributed by atoms with Crippen LogP contribution in [-0.2, 0) is 33.3 Å². The Balaban J connectivity index is 4.02. The molecule has 0 saturated carbocycles. The Morgan fingerprint density at radius 2 is 0.553 bits per heavy atom. The van der Waals surface area contributed by atoms with Gasteiger partial charge in [0.1, 0.15) is 13.2 Å². The summed E-state index contributed by atoms with van der Waals surface area (Å²) in [6.45, 7) is 4.78. The summed E-state index contributed by atoms with van der Waals surface area (Å²) in [5.41, 5.74) is 0. The van der Waals surface area contributed by atoms with Gasteiger partial charge in [0.2, 0.25) is 0 Å². The number of carboxylic acid groups (broad SMARTS) is 1. The summed E-state index contributed by atoms with van der Waals surface area (Å²) in [5, 5.41) is 9.79. The van der Waals surface area contributed by atoms with Gasteiger partial charge in [0.25, 0.3) is 6.29 Å². The van der Waals surface area contributed by atoms with Gasteiger partial charge in [0.05, 0.1) is 34.4 Å². The second kappa shape index (κ2) is 83.1. The lowest BCUT2D eigenvalue weighted by molar-refractivity contribution is -0.870. The highest BCUT2D eigenvalue weighted by molar-refractivity contribution is 5.71. The van der Waals surface area contributed by atoms with Gasteiger partial charge in [-0.2, -0.15) is 0 Å². The molecule has 592 valence electrons. The van der Waals surface area contributed by atoms with Gasteiger partial charge in [0, 0.05) is 12.8 Å². The van der Waals surface area contributed by atoms with Gasteiger partial charge >= 0.3 is 17.9 Å². The Bertz CT molecular complexity index is 2170. The lowest BCUT2D eigenvalue weighted by Gasteiger charge is -2.25. The number of carbonyl (C=O) groups is 3. The minimum Gasteiger partial charge on any atom is -0.477 e. The third-order valence-electron chi connectivity index (χ3n) is 18.9. The number of quaternary nitrogens is 1. The maximum absolute atomic E-state index is 13.0. The SMILES string of the molecule is CC/C=C\C/C=C\C/C=C\C/C=C\C/C=C\C/C=C\C/C=C\C/C=C\C/C=C\C/C=C\CCCCCCCCC(=O)OC(COC(=O)CCCCCCCCCCCCCCCCCCCCCCCCCCCCCCC/C=C\CCCCCCCCCC)COC(OCC[N+](C)(C)C)C(=O)O. The molecule has 0 aromatic rings. The van der Waals surface area contributed by atoms with Crippen molar-refractivity contribution in [2.75, 3.05) is 47.5 Å². The first-order valence-corrected chi connectivity index (χ1v) is 43.3. The summed E-state index contributed by atoms with van der Waals surface area (Å²) in [5.74, 6) is -2.02. The number of allylic oxidation sites excluding steroid dienone is 22. The fourth-order valence-electron chi connectivity index (χ4n) is 12.3. The number of esters is 2. The number of carbonyl (C=O) groups excluding carboxylic acids is 2. The minimum absolute atomic E-state index is 0.180. The quantitative estimate of drug-likeness (QED) is 0.0211. The fourth-order valence-corrected chi connectivity index (χ4v) is 12.3. The zero-order valence-corrected chi connectivity index (χ0v) is 67.9. The van der Waals surface area contributed by atoms with Crippen LogP contribution in [0.2, 0.25) is 0 Å². The molecule has 0 aliphatic heterocycles. The van der Waals surface area contributed by atoms with E-state index in [0.717, 1.165) is 122 Å². The largest absolute Gasteiger partial charge is 0.477 e. The predicted octanol–water partition coefficient (Wildman–Crippen LogP) is 28.4. The smallest absolute Gasteiger partial charge is 0.361 e. The van der Waals surface area contributed by atoms with Gasteiger partial charge < -0.3 is 28.5 Å². The van der Waals surface area contributed by atoms with Crippen LogP contribution in [0.15, 0.2) is 134 Å². The van der Waals surface area contributed by atoms with Gasteiger partial charge in [-0.3, -0.25) is 9.59 Å². The normalized spacial score (nSPS) is 13.3. The van der Waals surface area contributed by atoms with E-state index in [1.165, 1.54) is 231 Å². The van der Waals surface area contributed by atoms with Crippen molar-refractivity contribution in [2.24, 2.45) is 0 Å². The standard InChI is InChI=1S/C94H163NO8/c1-6-8-10-12-14-16-18-20-22-24-26-28-30-32-34-36-38-40-42-44-45-46-47-49-50-52-54-56-58-60-62-64-66-68-70-72-74-76-78-80-82-84-91(96)101-88-90(89-102-94(93(98)99)100-87-86-95(3,4)5)103-92(97)85-83-81-79-77-75-73-71-69-67-65-63-61-59-57-55-53-51-48-43-41-39-37-35-33-31-29-27-25-23-21-19-17-15-13-11-9-7-2/h9,11,15,17,21,23-24,26-27,29,33,35,39,41,48,51,55,57,61,63,67,69,90,94H,6-8,10,12-14,16,18-20,22,25,28,30-32,34,36-38,40,42-47,49-50,52-54,56,58-60,62,64-66,68,70-89H2,1-5H3/p+1/b11-9-,17-15-,23-21-,26-24-,29-27-,35-33-,41-39-,51-48-,57-55-,63-61-,69-67-. The molecule has 1 N–H and O–H groups in total. The number of nitrogens with zero attached hydrogens (tertiary/aromatic N) is 1. The molecule has 0 aliphatic carbocycles. The Morgan fingerprint density at radius 3 is 0.835 bits per heavy atom. The number of aliphatic carboxylic acids is 1. The minimum atomic E-state index is -1.52. The van der Waals surface area contributed by atoms with E-state index in [2.05, 4.69) is 148 Å². The fraction of sp³-hybridized carbons (Fsp3) is 0.734. The van der Waals surface area contributed by atoms with Crippen molar-refractivity contribution in [1.29, 1.82) is 0 Å². The summed E-state index contributed by atoms with van der Waals surface area (Å²) >= 11 is 0. The monoisotopic (exact) mass is 1440 g/mol. The average molecular weight is 1440 g/mol. The van der Waals surface area contributed by atoms with E-state index in [4.69, 9.17) is 18.9 Å². The van der Waals surface area contributed by atoms with Crippen LogP contribution in [0.1, 0.15) is 386 Å². The first-order chi connectivity index (χ1) is 50.6. The van der Waals surface area contributed by atoms with Crippen LogP contribution in [0.5, 0.6) is 0 Å². The second-order valence-electron chi connectivity index (χ2n) is 30.1. The van der Waals surface area contributed by atoms with E-state index in [1.54, 1.807) is 0 Å². The molecule has 0 aromatic heterocycles. The summed E-state index contributed by atoms with van der Waals surface area (Å²) in [4.78, 5) is 37.8. The number of ether oxygens (including phenoxy) is 4. The van der Waals surface area contributed by atoms with Crippen molar-refractivity contribution >= 4 is 17.9 Å². The average Bonchev–Trinajstić information content (AvgIpc) is 1.16. The van der Waals surface area contributed by atoms with Crippen molar-refractivity contribution in [2.45, 2.75) is 399 Å². The third-order valence-corrected chi connectivity index (χ3v) is 18.9. The molecule has 0 fully saturated rings. The maximum atomic E-state index is 13.0. The molecular weight excluding hydrogens is 1270 g/mol. The van der Waals surface area contributed by atoms with Crippen molar-refractivity contribution in [3.63, 3.8) is 0 Å². The molecule has 103 heavy (non-hydrogen) atoms. The van der Waals surface area contributed by atoms with E-state index in [-0.39, 0.29) is 32.2 Å². The van der Waals surface area contributed by atoms with Crippen molar-refractivity contribution < 1.29 is 42.9 Å². The summed E-state index contributed by atoms with van der Waals surface area (Å²) in [6, 6.07) is 0. The van der Waals surface area contributed by atoms with Crippen molar-refractivity contribution in [3.05, 3.63) is 134 Å². The van der Waals surface area contributed by atoms with E-state index >= 15 is 0 Å². The predicted molar refractivity (Wildman–Crippen MR) is 447 cm³/mol. The molecule has 0 radical (unpaired) electrons. The van der Waals surface area contributed by atoms with Gasteiger partial charge in [0.15, 0.2) is 6.10 Å². The molecule has 2 unspecified atom stereocenters. The number of unbranched alkanes of at least 4 members (excludes halogenated alkanes) is 43. The van der Waals surface area contributed by atoms with Crippen molar-refractivity contribution in [3.8, 4) is 0 Å². The van der Waals surface area contributed by atoms with Crippen molar-refractivity contribution in [1.82, 2.24) is 0 Å². The molecule has 0 saturated heterocycles. The Kier molecular flexibility index (Phi) is 79.4. The molecule has 9 heteroatoms. The third kappa shape index (κ3) is 84.6. The highest BCUT2D eigenvalue weighted by atomic mass is 16.7. The highest BCUT2D eigenvalue weighted by Crippen LogP contribution is 2.19. The molecule has 2 atom stereocenters. The van der Waals surface area contributed by atoms with E-state index < -0.39 is 24.3 Å². The lowest BCUT2D eigenvalue weighted by atomic mass is 10.0. The first kappa shape index (κ1) is 98.4. The molecule has 0 aliphatic rings. The van der Waals surface area contributed by atoms with Gasteiger partial charge in [-0.05, 0) is 116 Å². The van der Waals surface area contributed by atoms with Crippen LogP contribution in [0.4, 0.5) is 0 Å². The molecule has 0 rings (SSSR count). The highest BCUT2D eigenvalue weighted by Gasteiger charge is 2.25. The van der Waals surface area contributed by atoms with Crippen LogP contribution >= 0.6 is 0 Å². The molecule has 0 amide bonds. The van der Waals surface area contributed by atoms with E-state index in [9.17, 15) is 19.5 Å². The maximum Gasteiger partial charge on any atom is 0.361 e. The van der Waals surface area contributed by atoms with Gasteiger partial charge in [-0.15, -0.1) is 0 Å². The zero-order chi connectivity index (χ0) is 74.6. The zero-order valence-electron chi connectivity index (χ0n) is 67.9. The van der Waals surface area contributed by atoms with E-state index in [0.29, 0.717) is 23.9 Å². The lowest BCUT2D eigenvalue weighted by Crippen LogP contribution is -2.40. The molecular formula is C94H164NO8+. The number of likely N-dealkylation sites (N-methyl/N-ethyl adjacent to an activating group) is 1. The molecule has 0 aromatic carbocycles. The van der Waals surface area contributed by atoms with Crippen LogP contribution in [0, 0.1) is 0 Å². The first-order valence-electron chi connectivity index (χ1n) is 43.3.